The van der Waals surface area contributed by atoms with Gasteiger partial charge in [0.25, 0.3) is 0 Å². The minimum Gasteiger partial charge on any atom is -0.469 e. The zero-order valence-corrected chi connectivity index (χ0v) is 10.8. The first-order chi connectivity index (χ1) is 6.85. The van der Waals surface area contributed by atoms with E-state index in [0.29, 0.717) is 5.92 Å². The summed E-state index contributed by atoms with van der Waals surface area (Å²) in [6.07, 6.45) is 1.82. The maximum Gasteiger partial charge on any atom is 0.308 e. The van der Waals surface area contributed by atoms with Gasteiger partial charge in [0.05, 0.1) is 18.6 Å². The Bertz CT molecular complexity index is 199. The van der Waals surface area contributed by atoms with Crippen LogP contribution < -0.4 is 0 Å². The van der Waals surface area contributed by atoms with Crippen LogP contribution >= 0.6 is 0 Å². The summed E-state index contributed by atoms with van der Waals surface area (Å²) in [7, 11) is 3.15. The summed E-state index contributed by atoms with van der Waals surface area (Å²) in [5.74, 6) is 0.275. The quantitative estimate of drug-likeness (QED) is 0.640. The first kappa shape index (κ1) is 14.4. The number of ether oxygens (including phenoxy) is 2. The molecule has 0 amide bonds. The number of esters is 1. The van der Waals surface area contributed by atoms with Gasteiger partial charge in [-0.15, -0.1) is 0 Å². The predicted molar refractivity (Wildman–Crippen MR) is 60.7 cm³/mol. The van der Waals surface area contributed by atoms with Gasteiger partial charge in [-0.2, -0.15) is 0 Å². The van der Waals surface area contributed by atoms with Gasteiger partial charge < -0.3 is 9.47 Å². The van der Waals surface area contributed by atoms with Crippen molar-refractivity contribution in [3.05, 3.63) is 0 Å². The monoisotopic (exact) mass is 216 g/mol. The first-order valence-corrected chi connectivity index (χ1v) is 5.48. The summed E-state index contributed by atoms with van der Waals surface area (Å²) >= 11 is 0. The molecule has 3 heteroatoms. The van der Waals surface area contributed by atoms with Gasteiger partial charge in [-0.05, 0) is 32.6 Å². The predicted octanol–water partition coefficient (Wildman–Crippen LogP) is 2.64. The minimum atomic E-state index is -0.129. The number of rotatable bonds is 6. The van der Waals surface area contributed by atoms with E-state index in [1.807, 2.05) is 6.92 Å². The summed E-state index contributed by atoms with van der Waals surface area (Å²) in [4.78, 5) is 11.2. The average molecular weight is 216 g/mol. The number of carbonyl (C=O) groups is 1. The summed E-state index contributed by atoms with van der Waals surface area (Å²) in [5, 5.41) is 0. The van der Waals surface area contributed by atoms with Crippen LogP contribution in [0.5, 0.6) is 0 Å². The molecule has 0 aliphatic heterocycles. The molecule has 0 aliphatic carbocycles. The van der Waals surface area contributed by atoms with Gasteiger partial charge in [0.15, 0.2) is 0 Å². The first-order valence-electron chi connectivity index (χ1n) is 5.48. The van der Waals surface area contributed by atoms with Crippen LogP contribution in [-0.2, 0) is 14.3 Å². The number of methoxy groups -OCH3 is 2. The zero-order valence-electron chi connectivity index (χ0n) is 10.8. The van der Waals surface area contributed by atoms with E-state index in [-0.39, 0.29) is 17.5 Å². The molecular formula is C12H24O3. The van der Waals surface area contributed by atoms with Crippen molar-refractivity contribution in [1.82, 2.24) is 0 Å². The van der Waals surface area contributed by atoms with E-state index in [1.54, 1.807) is 7.11 Å². The van der Waals surface area contributed by atoms with Crippen molar-refractivity contribution >= 4 is 5.97 Å². The van der Waals surface area contributed by atoms with Gasteiger partial charge in [0.1, 0.15) is 0 Å². The summed E-state index contributed by atoms with van der Waals surface area (Å²) in [5.41, 5.74) is -0.129. The van der Waals surface area contributed by atoms with Crippen LogP contribution in [0.4, 0.5) is 0 Å². The third-order valence-electron chi connectivity index (χ3n) is 3.35. The Morgan fingerprint density at radius 1 is 1.20 bits per heavy atom. The minimum absolute atomic E-state index is 0.0230. The fraction of sp³-hybridized carbons (Fsp3) is 0.917. The van der Waals surface area contributed by atoms with Gasteiger partial charge >= 0.3 is 5.97 Å². The molecule has 3 nitrogen and oxygen atoms in total. The van der Waals surface area contributed by atoms with Crippen LogP contribution in [0.3, 0.4) is 0 Å². The maximum atomic E-state index is 11.2. The summed E-state index contributed by atoms with van der Waals surface area (Å²) in [6.45, 7) is 8.19. The molecule has 90 valence electrons. The fourth-order valence-corrected chi connectivity index (χ4v) is 1.37. The van der Waals surface area contributed by atoms with Crippen molar-refractivity contribution in [1.29, 1.82) is 0 Å². The Hall–Kier alpha value is -0.570. The lowest BCUT2D eigenvalue weighted by Gasteiger charge is -2.30. The van der Waals surface area contributed by atoms with Crippen molar-refractivity contribution in [2.24, 2.45) is 11.8 Å². The lowest BCUT2D eigenvalue weighted by molar-refractivity contribution is -0.145. The highest BCUT2D eigenvalue weighted by atomic mass is 16.5. The van der Waals surface area contributed by atoms with E-state index in [1.165, 1.54) is 7.11 Å². The lowest BCUT2D eigenvalue weighted by atomic mass is 9.86. The molecule has 0 bridgehead atoms. The molecule has 0 saturated heterocycles. The highest BCUT2D eigenvalue weighted by molar-refractivity contribution is 5.71. The second kappa shape index (κ2) is 6.11. The molecule has 0 heterocycles. The third-order valence-corrected chi connectivity index (χ3v) is 3.35. The molecule has 0 rings (SSSR count). The van der Waals surface area contributed by atoms with Gasteiger partial charge in [0.2, 0.25) is 0 Å². The molecule has 0 aromatic rings. The molecule has 2 unspecified atom stereocenters. The zero-order chi connectivity index (χ0) is 12.1. The standard InChI is InChI=1S/C12H24O3/c1-9(11(13)14-5)7-8-10(2)12(3,4)15-6/h9-10H,7-8H2,1-6H3. The van der Waals surface area contributed by atoms with Gasteiger partial charge in [0, 0.05) is 7.11 Å². The van der Waals surface area contributed by atoms with E-state index in [4.69, 9.17) is 4.74 Å². The number of hydrogen-bond donors (Lipinski definition) is 0. The normalized spacial score (nSPS) is 15.9. The molecule has 0 saturated carbocycles. The Morgan fingerprint density at radius 3 is 2.13 bits per heavy atom. The van der Waals surface area contributed by atoms with Gasteiger partial charge in [-0.25, -0.2) is 0 Å². The van der Waals surface area contributed by atoms with E-state index in [2.05, 4.69) is 25.5 Å². The molecule has 0 fully saturated rings. The summed E-state index contributed by atoms with van der Waals surface area (Å²) < 4.78 is 10.1. The Balaban J connectivity index is 4.00. The van der Waals surface area contributed by atoms with Crippen molar-refractivity contribution in [2.75, 3.05) is 14.2 Å². The molecule has 0 aromatic carbocycles. The van der Waals surface area contributed by atoms with Crippen molar-refractivity contribution in [3.63, 3.8) is 0 Å². The van der Waals surface area contributed by atoms with Crippen LogP contribution in [0.25, 0.3) is 0 Å². The van der Waals surface area contributed by atoms with E-state index < -0.39 is 0 Å². The SMILES string of the molecule is COC(=O)C(C)CCC(C)C(C)(C)OC. The fourth-order valence-electron chi connectivity index (χ4n) is 1.37. The van der Waals surface area contributed by atoms with E-state index in [9.17, 15) is 4.79 Å². The molecule has 0 aliphatic rings. The second-order valence-corrected chi connectivity index (χ2v) is 4.71. The topological polar surface area (TPSA) is 35.5 Å². The molecule has 0 spiro atoms. The van der Waals surface area contributed by atoms with Crippen molar-refractivity contribution in [2.45, 2.75) is 46.1 Å². The van der Waals surface area contributed by atoms with Crippen LogP contribution in [0.2, 0.25) is 0 Å². The van der Waals surface area contributed by atoms with Crippen molar-refractivity contribution < 1.29 is 14.3 Å². The lowest BCUT2D eigenvalue weighted by Crippen LogP contribution is -2.32. The summed E-state index contributed by atoms with van der Waals surface area (Å²) in [6, 6.07) is 0. The molecule has 0 N–H and O–H groups in total. The Kier molecular flexibility index (Phi) is 5.88. The van der Waals surface area contributed by atoms with Crippen LogP contribution in [0.15, 0.2) is 0 Å². The smallest absolute Gasteiger partial charge is 0.308 e. The largest absolute Gasteiger partial charge is 0.469 e. The van der Waals surface area contributed by atoms with E-state index in [0.717, 1.165) is 12.8 Å². The van der Waals surface area contributed by atoms with Crippen LogP contribution in [0, 0.1) is 11.8 Å². The van der Waals surface area contributed by atoms with Crippen LogP contribution in [0.1, 0.15) is 40.5 Å². The highest BCUT2D eigenvalue weighted by Crippen LogP contribution is 2.26. The van der Waals surface area contributed by atoms with Gasteiger partial charge in [-0.1, -0.05) is 13.8 Å². The molecular weight excluding hydrogens is 192 g/mol. The highest BCUT2D eigenvalue weighted by Gasteiger charge is 2.26. The molecule has 15 heavy (non-hydrogen) atoms. The molecule has 0 aromatic heterocycles. The van der Waals surface area contributed by atoms with Gasteiger partial charge in [-0.3, -0.25) is 4.79 Å². The maximum absolute atomic E-state index is 11.2. The van der Waals surface area contributed by atoms with Crippen LogP contribution in [-0.4, -0.2) is 25.8 Å². The Labute approximate surface area is 93.1 Å². The average Bonchev–Trinajstić information content (AvgIpc) is 2.23. The molecule has 0 radical (unpaired) electrons. The number of hydrogen-bond acceptors (Lipinski definition) is 3. The number of carbonyl (C=O) groups excluding carboxylic acids is 1. The van der Waals surface area contributed by atoms with Crippen molar-refractivity contribution in [3.8, 4) is 0 Å². The van der Waals surface area contributed by atoms with E-state index >= 15 is 0 Å². The Morgan fingerprint density at radius 2 is 1.73 bits per heavy atom. The third kappa shape index (κ3) is 4.65. The second-order valence-electron chi connectivity index (χ2n) is 4.71. The molecule has 2 atom stereocenters.